The number of ether oxygens (including phenoxy) is 1. The Hall–Kier alpha value is -1.60. The van der Waals surface area contributed by atoms with Crippen LogP contribution in [0.5, 0.6) is 0 Å². The predicted octanol–water partition coefficient (Wildman–Crippen LogP) is 2.48. The largest absolute Gasteiger partial charge is 0.416 e. The number of hydrogen-bond acceptors (Lipinski definition) is 3. The zero-order valence-electron chi connectivity index (χ0n) is 12.7. The number of nitrogens with zero attached hydrogens (tertiary/aromatic N) is 1. The standard InChI is InChI=1S/C15H21F3N2O2/c1-21-10-3-2-4-14(20-22-11-9-19)12-5-7-13(8-6-12)15(16,17)18/h5-8H,2-4,9-11,19H2,1H3/p+1/b20-14-. The molecule has 0 aliphatic rings. The van der Waals surface area contributed by atoms with Crippen molar-refractivity contribution in [1.82, 2.24) is 0 Å². The zero-order valence-corrected chi connectivity index (χ0v) is 12.7. The van der Waals surface area contributed by atoms with Crippen LogP contribution in [-0.4, -0.2) is 32.6 Å². The second-order valence-corrected chi connectivity index (χ2v) is 4.75. The van der Waals surface area contributed by atoms with E-state index in [2.05, 4.69) is 10.9 Å². The van der Waals surface area contributed by atoms with Gasteiger partial charge in [0, 0.05) is 13.7 Å². The van der Waals surface area contributed by atoms with Crippen molar-refractivity contribution in [2.45, 2.75) is 25.4 Å². The average Bonchev–Trinajstić information content (AvgIpc) is 2.49. The van der Waals surface area contributed by atoms with E-state index in [1.165, 1.54) is 12.1 Å². The first-order valence-corrected chi connectivity index (χ1v) is 7.13. The zero-order chi connectivity index (χ0) is 16.4. The van der Waals surface area contributed by atoms with Crippen LogP contribution >= 0.6 is 0 Å². The molecule has 1 aromatic carbocycles. The van der Waals surface area contributed by atoms with Crippen molar-refractivity contribution >= 4 is 5.71 Å². The van der Waals surface area contributed by atoms with E-state index in [4.69, 9.17) is 9.57 Å². The Balaban J connectivity index is 2.78. The van der Waals surface area contributed by atoms with Crippen LogP contribution < -0.4 is 5.73 Å². The van der Waals surface area contributed by atoms with Gasteiger partial charge in [-0.25, -0.2) is 0 Å². The Bertz CT molecular complexity index is 459. The maximum atomic E-state index is 12.6. The SMILES string of the molecule is COCCCC/C(=N/OCC[NH3+])c1ccc(C(F)(F)F)cc1. The molecule has 0 amide bonds. The van der Waals surface area contributed by atoms with E-state index in [-0.39, 0.29) is 0 Å². The molecule has 0 heterocycles. The van der Waals surface area contributed by atoms with E-state index in [0.29, 0.717) is 37.5 Å². The van der Waals surface area contributed by atoms with Crippen LogP contribution in [-0.2, 0) is 15.8 Å². The lowest BCUT2D eigenvalue weighted by atomic mass is 10.0. The van der Waals surface area contributed by atoms with E-state index in [1.54, 1.807) is 7.11 Å². The third kappa shape index (κ3) is 6.44. The normalized spacial score (nSPS) is 12.5. The van der Waals surface area contributed by atoms with Gasteiger partial charge in [0.25, 0.3) is 0 Å². The fourth-order valence-electron chi connectivity index (χ4n) is 1.82. The minimum atomic E-state index is -4.33. The van der Waals surface area contributed by atoms with Crippen LogP contribution in [0.1, 0.15) is 30.4 Å². The summed E-state index contributed by atoms with van der Waals surface area (Å²) in [6.07, 6.45) is -2.04. The van der Waals surface area contributed by atoms with Crippen molar-refractivity contribution in [3.05, 3.63) is 35.4 Å². The second kappa shape index (κ2) is 9.42. The van der Waals surface area contributed by atoms with Crippen molar-refractivity contribution in [1.29, 1.82) is 0 Å². The van der Waals surface area contributed by atoms with Crippen LogP contribution in [0.2, 0.25) is 0 Å². The van der Waals surface area contributed by atoms with Crippen molar-refractivity contribution in [2.24, 2.45) is 5.16 Å². The Labute approximate surface area is 128 Å². The van der Waals surface area contributed by atoms with Crippen LogP contribution in [0.15, 0.2) is 29.4 Å². The Morgan fingerprint density at radius 2 is 1.82 bits per heavy atom. The van der Waals surface area contributed by atoms with Gasteiger partial charge >= 0.3 is 6.18 Å². The highest BCUT2D eigenvalue weighted by atomic mass is 19.4. The number of oxime groups is 1. The highest BCUT2D eigenvalue weighted by Gasteiger charge is 2.30. The van der Waals surface area contributed by atoms with Crippen LogP contribution in [0, 0.1) is 0 Å². The molecule has 0 saturated heterocycles. The first-order valence-electron chi connectivity index (χ1n) is 7.13. The highest BCUT2D eigenvalue weighted by molar-refractivity contribution is 6.00. The van der Waals surface area contributed by atoms with Crippen LogP contribution in [0.25, 0.3) is 0 Å². The summed E-state index contributed by atoms with van der Waals surface area (Å²) in [5, 5.41) is 4.03. The minimum absolute atomic E-state index is 0.377. The summed E-state index contributed by atoms with van der Waals surface area (Å²) >= 11 is 0. The van der Waals surface area contributed by atoms with Gasteiger partial charge in [0.05, 0.1) is 11.3 Å². The molecular weight excluding hydrogens is 297 g/mol. The van der Waals surface area contributed by atoms with E-state index >= 15 is 0 Å². The third-order valence-corrected chi connectivity index (χ3v) is 2.97. The van der Waals surface area contributed by atoms with Gasteiger partial charge < -0.3 is 15.3 Å². The molecule has 7 heteroatoms. The van der Waals surface area contributed by atoms with E-state index < -0.39 is 11.7 Å². The van der Waals surface area contributed by atoms with Gasteiger partial charge in [0.1, 0.15) is 6.54 Å². The van der Waals surface area contributed by atoms with Gasteiger partial charge in [0.15, 0.2) is 6.61 Å². The lowest BCUT2D eigenvalue weighted by molar-refractivity contribution is -0.374. The number of halogens is 3. The molecule has 0 fully saturated rings. The maximum absolute atomic E-state index is 12.6. The number of hydrogen-bond donors (Lipinski definition) is 1. The number of quaternary nitrogens is 1. The Morgan fingerprint density at radius 1 is 1.14 bits per heavy atom. The molecule has 1 rings (SSSR count). The number of rotatable bonds is 9. The lowest BCUT2D eigenvalue weighted by Crippen LogP contribution is -2.52. The summed E-state index contributed by atoms with van der Waals surface area (Å²) in [7, 11) is 1.63. The molecule has 3 N–H and O–H groups in total. The van der Waals surface area contributed by atoms with Gasteiger partial charge in [-0.15, -0.1) is 0 Å². The van der Waals surface area contributed by atoms with Gasteiger partial charge in [0.2, 0.25) is 0 Å². The van der Waals surface area contributed by atoms with Crippen molar-refractivity contribution in [3.63, 3.8) is 0 Å². The summed E-state index contributed by atoms with van der Waals surface area (Å²) < 4.78 is 42.7. The molecule has 22 heavy (non-hydrogen) atoms. The molecule has 4 nitrogen and oxygen atoms in total. The Kier molecular flexibility index (Phi) is 7.90. The summed E-state index contributed by atoms with van der Waals surface area (Å²) in [5.41, 5.74) is 4.24. The Morgan fingerprint density at radius 3 is 2.36 bits per heavy atom. The second-order valence-electron chi connectivity index (χ2n) is 4.75. The van der Waals surface area contributed by atoms with E-state index in [9.17, 15) is 13.2 Å². The first-order chi connectivity index (χ1) is 10.5. The van der Waals surface area contributed by atoms with Crippen molar-refractivity contribution in [2.75, 3.05) is 26.9 Å². The molecule has 0 radical (unpaired) electrons. The van der Waals surface area contributed by atoms with Crippen molar-refractivity contribution < 1.29 is 28.5 Å². The third-order valence-electron chi connectivity index (χ3n) is 2.97. The quantitative estimate of drug-likeness (QED) is 0.432. The van der Waals surface area contributed by atoms with E-state index in [1.807, 2.05) is 0 Å². The number of alkyl halides is 3. The number of benzene rings is 1. The van der Waals surface area contributed by atoms with Gasteiger partial charge in [-0.1, -0.05) is 17.3 Å². The van der Waals surface area contributed by atoms with E-state index in [0.717, 1.165) is 25.0 Å². The monoisotopic (exact) mass is 319 g/mol. The molecule has 0 aliphatic carbocycles. The average molecular weight is 319 g/mol. The van der Waals surface area contributed by atoms with Gasteiger partial charge in [-0.05, 0) is 37.0 Å². The highest BCUT2D eigenvalue weighted by Crippen LogP contribution is 2.29. The predicted molar refractivity (Wildman–Crippen MR) is 77.4 cm³/mol. The fourth-order valence-corrected chi connectivity index (χ4v) is 1.82. The summed E-state index contributed by atoms with van der Waals surface area (Å²) in [4.78, 5) is 5.13. The number of unbranched alkanes of at least 4 members (excludes halogenated alkanes) is 1. The lowest BCUT2D eigenvalue weighted by Gasteiger charge is -2.10. The smallest absolute Gasteiger partial charge is 0.390 e. The molecule has 0 unspecified atom stereocenters. The molecular formula is C15H22F3N2O2+. The molecule has 0 aliphatic heterocycles. The van der Waals surface area contributed by atoms with Crippen LogP contribution in [0.4, 0.5) is 13.2 Å². The molecule has 0 atom stereocenters. The fraction of sp³-hybridized carbons (Fsp3) is 0.533. The van der Waals surface area contributed by atoms with Crippen molar-refractivity contribution in [3.8, 4) is 0 Å². The maximum Gasteiger partial charge on any atom is 0.416 e. The minimum Gasteiger partial charge on any atom is -0.390 e. The topological polar surface area (TPSA) is 58.5 Å². The molecule has 124 valence electrons. The van der Waals surface area contributed by atoms with Gasteiger partial charge in [-0.2, -0.15) is 13.2 Å². The molecule has 1 aromatic rings. The molecule has 0 aromatic heterocycles. The number of methoxy groups -OCH3 is 1. The molecule has 0 spiro atoms. The first kappa shape index (κ1) is 18.4. The summed E-state index contributed by atoms with van der Waals surface area (Å²) in [6.45, 7) is 1.59. The summed E-state index contributed by atoms with van der Waals surface area (Å²) in [5.74, 6) is 0. The molecule has 0 bridgehead atoms. The molecule has 0 saturated carbocycles. The van der Waals surface area contributed by atoms with Gasteiger partial charge in [-0.3, -0.25) is 0 Å². The van der Waals surface area contributed by atoms with Crippen LogP contribution in [0.3, 0.4) is 0 Å². The summed E-state index contributed by atoms with van der Waals surface area (Å²) in [6, 6.07) is 4.96.